The zero-order valence-electron chi connectivity index (χ0n) is 19.6. The van der Waals surface area contributed by atoms with Gasteiger partial charge in [0.1, 0.15) is 17.1 Å². The van der Waals surface area contributed by atoms with Gasteiger partial charge in [-0.15, -0.1) is 0 Å². The van der Waals surface area contributed by atoms with Gasteiger partial charge in [-0.3, -0.25) is 4.79 Å². The lowest BCUT2D eigenvalue weighted by atomic mass is 9.55. The lowest BCUT2D eigenvalue weighted by molar-refractivity contribution is -0.237. The van der Waals surface area contributed by atoms with Gasteiger partial charge in [-0.2, -0.15) is 5.26 Å². The number of ketones is 1. The summed E-state index contributed by atoms with van der Waals surface area (Å²) < 4.78 is 44.3. The number of halogens is 3. The van der Waals surface area contributed by atoms with E-state index >= 15 is 0 Å². The number of aryl methyl sites for hydroxylation is 1. The SMILES string of the molecule is CCC1(C)C(CC(=O)CCCCc2nc3c(F)cc(C#N)cc3n2C(C)(C)C)CC1(F)F. The normalized spacial score (nSPS) is 22.5. The first-order valence-electron chi connectivity index (χ1n) is 11.3. The van der Waals surface area contributed by atoms with Crippen molar-refractivity contribution in [2.24, 2.45) is 11.3 Å². The zero-order valence-corrected chi connectivity index (χ0v) is 19.6. The third-order valence-corrected chi connectivity index (χ3v) is 7.14. The van der Waals surface area contributed by atoms with E-state index in [0.29, 0.717) is 43.4 Å². The molecule has 2 aromatic rings. The number of fused-ring (bicyclic) bond motifs is 1. The maximum Gasteiger partial charge on any atom is 0.253 e. The maximum atomic E-state index is 14.5. The second-order valence-electron chi connectivity index (χ2n) is 10.3. The van der Waals surface area contributed by atoms with Crippen LogP contribution in [0.4, 0.5) is 13.2 Å². The van der Waals surface area contributed by atoms with Gasteiger partial charge in [-0.25, -0.2) is 18.2 Å². The largest absolute Gasteiger partial charge is 0.322 e. The van der Waals surface area contributed by atoms with E-state index in [4.69, 9.17) is 0 Å². The fourth-order valence-corrected chi connectivity index (χ4v) is 4.93. The molecule has 1 aromatic heterocycles. The minimum atomic E-state index is -2.68. The van der Waals surface area contributed by atoms with Crippen LogP contribution in [0.1, 0.15) is 84.5 Å². The molecule has 0 aliphatic heterocycles. The summed E-state index contributed by atoms with van der Waals surface area (Å²) in [4.78, 5) is 16.9. The summed E-state index contributed by atoms with van der Waals surface area (Å²) in [6.07, 6.45) is 2.61. The highest BCUT2D eigenvalue weighted by Gasteiger charge is 2.63. The van der Waals surface area contributed by atoms with Crippen LogP contribution in [0.3, 0.4) is 0 Å². The minimum absolute atomic E-state index is 0.0270. The number of hydrogen-bond donors (Lipinski definition) is 0. The Morgan fingerprint density at radius 1 is 1.31 bits per heavy atom. The third kappa shape index (κ3) is 4.29. The second kappa shape index (κ2) is 8.53. The van der Waals surface area contributed by atoms with Crippen molar-refractivity contribution in [1.82, 2.24) is 9.55 Å². The summed E-state index contributed by atoms with van der Waals surface area (Å²) in [5.74, 6) is -2.71. The molecule has 0 saturated heterocycles. The number of unbranched alkanes of at least 4 members (excludes halogenated alkanes) is 1. The smallest absolute Gasteiger partial charge is 0.253 e. The molecule has 0 bridgehead atoms. The summed E-state index contributed by atoms with van der Waals surface area (Å²) >= 11 is 0. The Labute approximate surface area is 187 Å². The number of aromatic nitrogens is 2. The molecular formula is C25H32F3N3O. The summed E-state index contributed by atoms with van der Waals surface area (Å²) in [5, 5.41) is 9.19. The molecule has 1 heterocycles. The van der Waals surface area contributed by atoms with Gasteiger partial charge < -0.3 is 4.57 Å². The highest BCUT2D eigenvalue weighted by atomic mass is 19.3. The first-order chi connectivity index (χ1) is 14.8. The molecule has 32 heavy (non-hydrogen) atoms. The first-order valence-corrected chi connectivity index (χ1v) is 11.3. The molecule has 1 aromatic carbocycles. The van der Waals surface area contributed by atoms with Crippen molar-refractivity contribution in [2.45, 2.75) is 91.0 Å². The molecule has 1 saturated carbocycles. The lowest BCUT2D eigenvalue weighted by Crippen LogP contribution is -2.56. The van der Waals surface area contributed by atoms with Gasteiger partial charge in [0.15, 0.2) is 5.82 Å². The van der Waals surface area contributed by atoms with Crippen LogP contribution >= 0.6 is 0 Å². The number of imidazole rings is 1. The standard InChI is InChI=1S/C25H32F3N3O/c1-6-24(5)17(14-25(24,27)28)13-18(32)9-7-8-10-21-30-22-19(26)11-16(15-29)12-20(22)31(21)23(2,3)4/h11-12,17H,6-10,13-14H2,1-5H3. The monoisotopic (exact) mass is 447 g/mol. The van der Waals surface area contributed by atoms with Gasteiger partial charge in [0.25, 0.3) is 5.92 Å². The second-order valence-corrected chi connectivity index (χ2v) is 10.3. The van der Waals surface area contributed by atoms with Crippen LogP contribution in [-0.2, 0) is 16.8 Å². The summed E-state index contributed by atoms with van der Waals surface area (Å²) in [6.45, 7) is 9.34. The first kappa shape index (κ1) is 24.3. The van der Waals surface area contributed by atoms with Crippen LogP contribution in [-0.4, -0.2) is 21.3 Å². The number of nitrogens with zero attached hydrogens (tertiary/aromatic N) is 3. The van der Waals surface area contributed by atoms with E-state index in [1.165, 1.54) is 6.07 Å². The lowest BCUT2D eigenvalue weighted by Gasteiger charge is -2.53. The van der Waals surface area contributed by atoms with Gasteiger partial charge >= 0.3 is 0 Å². The van der Waals surface area contributed by atoms with Crippen LogP contribution in [0.5, 0.6) is 0 Å². The molecule has 1 aliphatic rings. The number of rotatable bonds is 8. The number of hydrogen-bond acceptors (Lipinski definition) is 3. The van der Waals surface area contributed by atoms with Crippen LogP contribution in [0.15, 0.2) is 12.1 Å². The molecule has 1 aliphatic carbocycles. The van der Waals surface area contributed by atoms with E-state index in [2.05, 4.69) is 4.98 Å². The Kier molecular flexibility index (Phi) is 6.48. The zero-order chi connectivity index (χ0) is 23.9. The molecule has 1 fully saturated rings. The number of carbonyl (C=O) groups is 1. The Bertz CT molecular complexity index is 1060. The van der Waals surface area contributed by atoms with E-state index in [1.807, 2.05) is 31.4 Å². The molecule has 174 valence electrons. The van der Waals surface area contributed by atoms with Crippen LogP contribution in [0.2, 0.25) is 0 Å². The van der Waals surface area contributed by atoms with Gasteiger partial charge in [-0.05, 0) is 58.1 Å². The molecule has 4 nitrogen and oxygen atoms in total. The van der Waals surface area contributed by atoms with Crippen molar-refractivity contribution in [3.63, 3.8) is 0 Å². The van der Waals surface area contributed by atoms with E-state index in [1.54, 1.807) is 19.9 Å². The van der Waals surface area contributed by atoms with Crippen LogP contribution < -0.4 is 0 Å². The van der Waals surface area contributed by atoms with Gasteiger partial charge in [-0.1, -0.05) is 13.8 Å². The summed E-state index contributed by atoms with van der Waals surface area (Å²) in [7, 11) is 0. The number of carbonyl (C=O) groups excluding carboxylic acids is 1. The van der Waals surface area contributed by atoms with Crippen molar-refractivity contribution in [3.05, 3.63) is 29.3 Å². The number of Topliss-reactive ketones (excluding diaryl/α,β-unsaturated/α-hetero) is 1. The molecular weight excluding hydrogens is 415 g/mol. The van der Waals surface area contributed by atoms with E-state index < -0.39 is 17.2 Å². The van der Waals surface area contributed by atoms with E-state index in [-0.39, 0.29) is 41.2 Å². The maximum absolute atomic E-state index is 14.5. The quantitative estimate of drug-likeness (QED) is 0.431. The number of nitriles is 1. The Balaban J connectivity index is 1.64. The minimum Gasteiger partial charge on any atom is -0.322 e. The molecule has 0 N–H and O–H groups in total. The number of alkyl halides is 2. The van der Waals surface area contributed by atoms with E-state index in [9.17, 15) is 23.2 Å². The predicted octanol–water partition coefficient (Wildman–Crippen LogP) is 6.55. The van der Waals surface area contributed by atoms with Crippen molar-refractivity contribution in [3.8, 4) is 6.07 Å². The van der Waals surface area contributed by atoms with Gasteiger partial charge in [0, 0.05) is 36.6 Å². The van der Waals surface area contributed by atoms with Crippen molar-refractivity contribution in [1.29, 1.82) is 5.26 Å². The number of benzene rings is 1. The molecule has 3 rings (SSSR count). The fourth-order valence-electron chi connectivity index (χ4n) is 4.93. The average Bonchev–Trinajstić information content (AvgIpc) is 3.09. The summed E-state index contributed by atoms with van der Waals surface area (Å²) in [6, 6.07) is 4.84. The van der Waals surface area contributed by atoms with Crippen molar-refractivity contribution in [2.75, 3.05) is 0 Å². The Hall–Kier alpha value is -2.36. The van der Waals surface area contributed by atoms with Crippen molar-refractivity contribution >= 4 is 16.8 Å². The van der Waals surface area contributed by atoms with Crippen LogP contribution in [0, 0.1) is 28.5 Å². The summed E-state index contributed by atoms with van der Waals surface area (Å²) in [5.41, 5.74) is -0.356. The highest BCUT2D eigenvalue weighted by molar-refractivity contribution is 5.79. The van der Waals surface area contributed by atoms with Gasteiger partial charge in [0.2, 0.25) is 0 Å². The topological polar surface area (TPSA) is 58.7 Å². The molecule has 0 amide bonds. The van der Waals surface area contributed by atoms with Gasteiger partial charge in [0.05, 0.1) is 17.1 Å². The molecule has 0 spiro atoms. The molecule has 2 unspecified atom stereocenters. The third-order valence-electron chi connectivity index (χ3n) is 7.14. The fraction of sp³-hybridized carbons (Fsp3) is 0.640. The highest BCUT2D eigenvalue weighted by Crippen LogP contribution is 2.61. The molecule has 7 heteroatoms. The Morgan fingerprint density at radius 3 is 2.56 bits per heavy atom. The molecule has 2 atom stereocenters. The van der Waals surface area contributed by atoms with Crippen LogP contribution in [0.25, 0.3) is 11.0 Å². The Morgan fingerprint density at radius 2 is 2.00 bits per heavy atom. The average molecular weight is 448 g/mol. The van der Waals surface area contributed by atoms with Crippen molar-refractivity contribution < 1.29 is 18.0 Å². The molecule has 0 radical (unpaired) electrons. The van der Waals surface area contributed by atoms with E-state index in [0.717, 1.165) is 0 Å². The predicted molar refractivity (Wildman–Crippen MR) is 118 cm³/mol.